The van der Waals surface area contributed by atoms with E-state index in [9.17, 15) is 17.6 Å². The van der Waals surface area contributed by atoms with Gasteiger partial charge in [0.1, 0.15) is 10.7 Å². The first kappa shape index (κ1) is 23.7. The van der Waals surface area contributed by atoms with Crippen LogP contribution in [0.2, 0.25) is 0 Å². The number of hydrogen-bond acceptors (Lipinski definition) is 4. The molecule has 2 saturated heterocycles. The zero-order valence-corrected chi connectivity index (χ0v) is 20.0. The molecule has 0 aliphatic carbocycles. The molecule has 0 aromatic heterocycles. The van der Waals surface area contributed by atoms with Crippen LogP contribution >= 0.6 is 0 Å². The molecule has 0 saturated carbocycles. The topological polar surface area (TPSA) is 60.9 Å². The van der Waals surface area contributed by atoms with Crippen LogP contribution in [0.1, 0.15) is 55.8 Å². The highest BCUT2D eigenvalue weighted by atomic mass is 32.2. The van der Waals surface area contributed by atoms with Crippen molar-refractivity contribution in [3.05, 3.63) is 53.8 Å². The molecule has 0 atom stereocenters. The van der Waals surface area contributed by atoms with E-state index in [0.29, 0.717) is 36.6 Å². The Morgan fingerprint density at radius 1 is 0.909 bits per heavy atom. The fourth-order valence-corrected chi connectivity index (χ4v) is 6.47. The summed E-state index contributed by atoms with van der Waals surface area (Å²) in [4.78, 5) is 17.3. The van der Waals surface area contributed by atoms with Crippen LogP contribution in [0.15, 0.2) is 47.4 Å². The van der Waals surface area contributed by atoms with Gasteiger partial charge in [-0.3, -0.25) is 4.79 Å². The molecule has 2 aliphatic heterocycles. The van der Waals surface area contributed by atoms with E-state index >= 15 is 0 Å². The molecule has 2 aliphatic rings. The Hall–Kier alpha value is -2.45. The van der Waals surface area contributed by atoms with Crippen molar-refractivity contribution in [2.45, 2.75) is 50.3 Å². The molecule has 4 rings (SSSR count). The van der Waals surface area contributed by atoms with E-state index in [2.05, 4.69) is 4.90 Å². The third-order valence-electron chi connectivity index (χ3n) is 6.54. The lowest BCUT2D eigenvalue weighted by Gasteiger charge is -2.33. The third-order valence-corrected chi connectivity index (χ3v) is 8.46. The number of amides is 1. The summed E-state index contributed by atoms with van der Waals surface area (Å²) >= 11 is 0. The van der Waals surface area contributed by atoms with Crippen LogP contribution in [-0.2, 0) is 10.0 Å². The van der Waals surface area contributed by atoms with Crippen molar-refractivity contribution in [1.29, 1.82) is 0 Å². The summed E-state index contributed by atoms with van der Waals surface area (Å²) in [6.07, 6.45) is 5.93. The Morgan fingerprint density at radius 3 is 2.12 bits per heavy atom. The average Bonchev–Trinajstić information content (AvgIpc) is 2.86. The summed E-state index contributed by atoms with van der Waals surface area (Å²) in [5, 5.41) is 0. The minimum absolute atomic E-state index is 0.215. The summed E-state index contributed by atoms with van der Waals surface area (Å²) in [6, 6.07) is 10.8. The van der Waals surface area contributed by atoms with E-state index in [1.807, 2.05) is 6.92 Å². The largest absolute Gasteiger partial charge is 0.370 e. The quantitative estimate of drug-likeness (QED) is 0.612. The lowest BCUT2D eigenvalue weighted by molar-refractivity contribution is 0.0988. The van der Waals surface area contributed by atoms with Gasteiger partial charge < -0.3 is 9.80 Å². The first-order valence-corrected chi connectivity index (χ1v) is 13.3. The van der Waals surface area contributed by atoms with Gasteiger partial charge in [0.15, 0.2) is 0 Å². The second-order valence-corrected chi connectivity index (χ2v) is 10.6. The second kappa shape index (κ2) is 10.2. The molecule has 2 aromatic rings. The molecule has 2 aromatic carbocycles. The summed E-state index contributed by atoms with van der Waals surface area (Å²) < 4.78 is 42.4. The van der Waals surface area contributed by atoms with E-state index in [1.165, 1.54) is 17.0 Å². The number of benzene rings is 2. The Kier molecular flexibility index (Phi) is 7.34. The van der Waals surface area contributed by atoms with Crippen molar-refractivity contribution in [3.63, 3.8) is 0 Å². The van der Waals surface area contributed by atoms with Crippen LogP contribution < -0.4 is 9.80 Å². The summed E-state index contributed by atoms with van der Waals surface area (Å²) in [5.41, 5.74) is 1.57. The van der Waals surface area contributed by atoms with Crippen molar-refractivity contribution in [2.24, 2.45) is 0 Å². The van der Waals surface area contributed by atoms with Gasteiger partial charge in [0.25, 0.3) is 5.91 Å². The smallest absolute Gasteiger partial charge is 0.258 e. The highest BCUT2D eigenvalue weighted by Crippen LogP contribution is 2.33. The molecule has 1 amide bonds. The van der Waals surface area contributed by atoms with E-state index in [-0.39, 0.29) is 16.6 Å². The molecule has 0 N–H and O–H groups in total. The number of sulfonamides is 1. The Bertz CT molecular complexity index is 1080. The molecular weight excluding hydrogens is 441 g/mol. The fraction of sp³-hybridized carbons (Fsp3) is 0.480. The van der Waals surface area contributed by atoms with Crippen molar-refractivity contribution in [1.82, 2.24) is 4.31 Å². The molecule has 0 unspecified atom stereocenters. The third kappa shape index (κ3) is 5.06. The lowest BCUT2D eigenvalue weighted by atomic mass is 10.1. The molecule has 0 spiro atoms. The minimum Gasteiger partial charge on any atom is -0.370 e. The molecule has 33 heavy (non-hydrogen) atoms. The molecule has 6 nitrogen and oxygen atoms in total. The normalized spacial score (nSPS) is 17.7. The van der Waals surface area contributed by atoms with Gasteiger partial charge in [-0.1, -0.05) is 6.42 Å². The van der Waals surface area contributed by atoms with Crippen LogP contribution in [0.3, 0.4) is 0 Å². The van der Waals surface area contributed by atoms with E-state index in [4.69, 9.17) is 0 Å². The van der Waals surface area contributed by atoms with E-state index in [1.54, 1.807) is 34.6 Å². The first-order valence-electron chi connectivity index (χ1n) is 11.9. The molecule has 0 radical (unpaired) electrons. The van der Waals surface area contributed by atoms with E-state index < -0.39 is 10.0 Å². The lowest BCUT2D eigenvalue weighted by Crippen LogP contribution is -2.38. The molecule has 2 fully saturated rings. The Labute approximate surface area is 196 Å². The highest BCUT2D eigenvalue weighted by Gasteiger charge is 2.31. The van der Waals surface area contributed by atoms with Gasteiger partial charge in [-0.15, -0.1) is 0 Å². The second-order valence-electron chi connectivity index (χ2n) is 8.72. The molecule has 2 heterocycles. The zero-order valence-electron chi connectivity index (χ0n) is 19.2. The zero-order chi connectivity index (χ0) is 23.4. The van der Waals surface area contributed by atoms with Crippen molar-refractivity contribution in [2.75, 3.05) is 42.5 Å². The van der Waals surface area contributed by atoms with Gasteiger partial charge in [-0.05, 0) is 81.5 Å². The van der Waals surface area contributed by atoms with Gasteiger partial charge in [0.2, 0.25) is 10.0 Å². The van der Waals surface area contributed by atoms with Crippen molar-refractivity contribution < 1.29 is 17.6 Å². The van der Waals surface area contributed by atoms with Crippen LogP contribution in [0, 0.1) is 5.82 Å². The summed E-state index contributed by atoms with van der Waals surface area (Å²) in [5.74, 6) is -0.674. The van der Waals surface area contributed by atoms with Crippen LogP contribution in [0.5, 0.6) is 0 Å². The van der Waals surface area contributed by atoms with Gasteiger partial charge in [0, 0.05) is 44.0 Å². The van der Waals surface area contributed by atoms with E-state index in [0.717, 1.165) is 51.6 Å². The molecule has 0 bridgehead atoms. The standard InChI is InChI=1S/C25H32FN3O3S/c1-2-29(22-12-10-21(26)11-13-22)25(30)20-9-14-23(27-15-5-3-6-16-27)24(19-20)33(31,32)28-17-7-4-8-18-28/h9-14,19H,2-8,15-18H2,1H3. The fourth-order valence-electron chi connectivity index (χ4n) is 4.71. The van der Waals surface area contributed by atoms with Crippen LogP contribution in [0.4, 0.5) is 15.8 Å². The number of nitrogens with zero attached hydrogens (tertiary/aromatic N) is 3. The van der Waals surface area contributed by atoms with Gasteiger partial charge in [-0.25, -0.2) is 12.8 Å². The predicted octanol–water partition coefficient (Wildman–Crippen LogP) is 4.66. The number of anilines is 2. The number of carbonyl (C=O) groups is 1. The average molecular weight is 474 g/mol. The highest BCUT2D eigenvalue weighted by molar-refractivity contribution is 7.89. The van der Waals surface area contributed by atoms with Gasteiger partial charge in [0.05, 0.1) is 5.69 Å². The SMILES string of the molecule is CCN(C(=O)c1ccc(N2CCCCC2)c(S(=O)(=O)N2CCCCC2)c1)c1ccc(F)cc1. The van der Waals surface area contributed by atoms with Crippen LogP contribution in [-0.4, -0.2) is 51.4 Å². The van der Waals surface area contributed by atoms with Crippen molar-refractivity contribution >= 4 is 27.3 Å². The number of halogens is 1. The molecule has 178 valence electrons. The summed E-state index contributed by atoms with van der Waals surface area (Å²) in [6.45, 7) is 4.87. The number of rotatable bonds is 6. The molecular formula is C25H32FN3O3S. The maximum atomic E-state index is 13.7. The van der Waals surface area contributed by atoms with Crippen LogP contribution in [0.25, 0.3) is 0 Å². The summed E-state index contributed by atoms with van der Waals surface area (Å²) in [7, 11) is -3.73. The van der Waals surface area contributed by atoms with Gasteiger partial charge in [-0.2, -0.15) is 4.31 Å². The minimum atomic E-state index is -3.73. The predicted molar refractivity (Wildman–Crippen MR) is 129 cm³/mol. The first-order chi connectivity index (χ1) is 15.9. The van der Waals surface area contributed by atoms with Crippen molar-refractivity contribution in [3.8, 4) is 0 Å². The Morgan fingerprint density at radius 2 is 1.52 bits per heavy atom. The van der Waals surface area contributed by atoms with Gasteiger partial charge >= 0.3 is 0 Å². The number of piperidine rings is 2. The number of hydrogen-bond donors (Lipinski definition) is 0. The Balaban J connectivity index is 1.74. The number of carbonyl (C=O) groups excluding carboxylic acids is 1. The molecule has 8 heteroatoms. The maximum absolute atomic E-state index is 13.7. The maximum Gasteiger partial charge on any atom is 0.258 e. The monoisotopic (exact) mass is 473 g/mol.